The minimum Gasteiger partial charge on any atom is -0.377 e. The van der Waals surface area contributed by atoms with E-state index in [4.69, 9.17) is 4.74 Å². The van der Waals surface area contributed by atoms with Crippen molar-refractivity contribution >= 4 is 11.8 Å². The molecule has 1 saturated carbocycles. The molecular weight excluding hydrogens is 218 g/mol. The summed E-state index contributed by atoms with van der Waals surface area (Å²) in [5.74, 6) is 0. The fraction of sp³-hybridized carbons (Fsp3) is 1.00. The zero-order valence-electron chi connectivity index (χ0n) is 10.5. The summed E-state index contributed by atoms with van der Waals surface area (Å²) in [6, 6.07) is 0. The molecule has 0 aromatic heterocycles. The van der Waals surface area contributed by atoms with Gasteiger partial charge in [-0.3, -0.25) is 0 Å². The molecule has 2 fully saturated rings. The lowest BCUT2D eigenvalue weighted by Gasteiger charge is -2.29. The summed E-state index contributed by atoms with van der Waals surface area (Å²) in [5, 5.41) is 3.64. The van der Waals surface area contributed by atoms with Gasteiger partial charge in [-0.2, -0.15) is 11.8 Å². The molecule has 1 heterocycles. The molecule has 2 rings (SSSR count). The first-order chi connectivity index (χ1) is 7.85. The predicted octanol–water partition coefficient (Wildman–Crippen LogP) is 2.82. The van der Waals surface area contributed by atoms with E-state index >= 15 is 0 Å². The van der Waals surface area contributed by atoms with Crippen LogP contribution in [0, 0.1) is 0 Å². The summed E-state index contributed by atoms with van der Waals surface area (Å²) in [4.78, 5) is 0. The van der Waals surface area contributed by atoms with E-state index in [9.17, 15) is 0 Å². The summed E-state index contributed by atoms with van der Waals surface area (Å²) >= 11 is 2.06. The summed E-state index contributed by atoms with van der Waals surface area (Å²) in [6.45, 7) is 3.20. The summed E-state index contributed by atoms with van der Waals surface area (Å²) in [5.41, 5.74) is 0. The molecule has 1 unspecified atom stereocenters. The molecule has 2 aliphatic rings. The first-order valence-electron chi connectivity index (χ1n) is 6.72. The lowest BCUT2D eigenvalue weighted by Crippen LogP contribution is -2.40. The molecule has 1 atom stereocenters. The third kappa shape index (κ3) is 3.38. The second-order valence-corrected chi connectivity index (χ2v) is 6.49. The van der Waals surface area contributed by atoms with E-state index < -0.39 is 0 Å². The average Bonchev–Trinajstić information content (AvgIpc) is 2.80. The first kappa shape index (κ1) is 12.7. The Labute approximate surface area is 104 Å². The van der Waals surface area contributed by atoms with E-state index in [1.165, 1.54) is 51.5 Å². The number of thioether (sulfide) groups is 1. The van der Waals surface area contributed by atoms with E-state index in [1.54, 1.807) is 0 Å². The maximum Gasteiger partial charge on any atom is 0.0699 e. The minimum atomic E-state index is 0.481. The number of rotatable bonds is 5. The molecule has 0 bridgehead atoms. The molecule has 3 heteroatoms. The lowest BCUT2D eigenvalue weighted by molar-refractivity contribution is 0.0167. The zero-order valence-corrected chi connectivity index (χ0v) is 11.3. The molecule has 1 aliphatic heterocycles. The van der Waals surface area contributed by atoms with Crippen LogP contribution in [-0.2, 0) is 4.74 Å². The molecule has 1 N–H and O–H groups in total. The highest BCUT2D eigenvalue weighted by molar-refractivity contribution is 8.00. The van der Waals surface area contributed by atoms with Gasteiger partial charge in [0.15, 0.2) is 0 Å². The molecule has 1 aliphatic carbocycles. The maximum atomic E-state index is 5.74. The van der Waals surface area contributed by atoms with Crippen molar-refractivity contribution in [2.24, 2.45) is 0 Å². The Morgan fingerprint density at radius 3 is 2.69 bits per heavy atom. The standard InChI is InChI=1S/C13H25NOS/c1-16-13(7-3-4-8-13)11-14-10-12-6-2-5-9-15-12/h12,14H,2-11H2,1H3. The van der Waals surface area contributed by atoms with Crippen molar-refractivity contribution in [1.29, 1.82) is 0 Å². The topological polar surface area (TPSA) is 21.3 Å². The van der Waals surface area contributed by atoms with Crippen LogP contribution in [0.3, 0.4) is 0 Å². The van der Waals surface area contributed by atoms with Gasteiger partial charge in [-0.25, -0.2) is 0 Å². The highest BCUT2D eigenvalue weighted by Crippen LogP contribution is 2.39. The van der Waals surface area contributed by atoms with E-state index in [2.05, 4.69) is 23.3 Å². The van der Waals surface area contributed by atoms with Crippen molar-refractivity contribution < 1.29 is 4.74 Å². The van der Waals surface area contributed by atoms with Gasteiger partial charge in [0.05, 0.1) is 6.10 Å². The van der Waals surface area contributed by atoms with Crippen molar-refractivity contribution in [3.63, 3.8) is 0 Å². The van der Waals surface area contributed by atoms with Crippen LogP contribution in [0.5, 0.6) is 0 Å². The van der Waals surface area contributed by atoms with Crippen molar-refractivity contribution in [1.82, 2.24) is 5.32 Å². The Balaban J connectivity index is 1.66. The van der Waals surface area contributed by atoms with Gasteiger partial charge in [0.1, 0.15) is 0 Å². The molecule has 0 radical (unpaired) electrons. The van der Waals surface area contributed by atoms with Gasteiger partial charge in [0.25, 0.3) is 0 Å². The SMILES string of the molecule is CSC1(CNCC2CCCCO2)CCCC1. The van der Waals surface area contributed by atoms with Gasteiger partial charge in [0.2, 0.25) is 0 Å². The maximum absolute atomic E-state index is 5.74. The largest absolute Gasteiger partial charge is 0.377 e. The summed E-state index contributed by atoms with van der Waals surface area (Å²) < 4.78 is 6.28. The lowest BCUT2D eigenvalue weighted by atomic mass is 10.1. The molecule has 16 heavy (non-hydrogen) atoms. The van der Waals surface area contributed by atoms with Crippen LogP contribution in [0.15, 0.2) is 0 Å². The summed E-state index contributed by atoms with van der Waals surface area (Å²) in [7, 11) is 0. The van der Waals surface area contributed by atoms with Crippen LogP contribution >= 0.6 is 11.8 Å². The van der Waals surface area contributed by atoms with Crippen molar-refractivity contribution in [3.05, 3.63) is 0 Å². The number of ether oxygens (including phenoxy) is 1. The molecule has 0 amide bonds. The highest BCUT2D eigenvalue weighted by atomic mass is 32.2. The fourth-order valence-electron chi connectivity index (χ4n) is 2.90. The normalized spacial score (nSPS) is 29.4. The van der Waals surface area contributed by atoms with Gasteiger partial charge in [-0.05, 0) is 38.4 Å². The molecule has 0 aromatic carbocycles. The highest BCUT2D eigenvalue weighted by Gasteiger charge is 2.32. The van der Waals surface area contributed by atoms with Crippen LogP contribution in [0.1, 0.15) is 44.9 Å². The molecule has 1 saturated heterocycles. The van der Waals surface area contributed by atoms with Crippen molar-refractivity contribution in [3.8, 4) is 0 Å². The Morgan fingerprint density at radius 1 is 1.25 bits per heavy atom. The Kier molecular flexibility index (Phi) is 4.98. The molecule has 2 nitrogen and oxygen atoms in total. The van der Waals surface area contributed by atoms with Gasteiger partial charge >= 0.3 is 0 Å². The van der Waals surface area contributed by atoms with Crippen LogP contribution in [0.4, 0.5) is 0 Å². The van der Waals surface area contributed by atoms with Crippen molar-refractivity contribution in [2.75, 3.05) is 26.0 Å². The van der Waals surface area contributed by atoms with Gasteiger partial charge in [-0.1, -0.05) is 12.8 Å². The molecular formula is C13H25NOS. The van der Waals surface area contributed by atoms with E-state index in [0.717, 1.165) is 13.2 Å². The van der Waals surface area contributed by atoms with Gasteiger partial charge < -0.3 is 10.1 Å². The second-order valence-electron chi connectivity index (χ2n) is 5.21. The molecule has 0 aromatic rings. The second kappa shape index (κ2) is 6.27. The average molecular weight is 243 g/mol. The van der Waals surface area contributed by atoms with E-state index in [0.29, 0.717) is 10.9 Å². The number of nitrogens with one attached hydrogen (secondary N) is 1. The predicted molar refractivity (Wildman–Crippen MR) is 71.2 cm³/mol. The fourth-order valence-corrected chi connectivity index (χ4v) is 3.85. The molecule has 94 valence electrons. The smallest absolute Gasteiger partial charge is 0.0699 e. The van der Waals surface area contributed by atoms with E-state index in [1.807, 2.05) is 0 Å². The Bertz CT molecular complexity index is 198. The third-order valence-corrected chi connectivity index (χ3v) is 5.46. The van der Waals surface area contributed by atoms with Crippen LogP contribution in [0.25, 0.3) is 0 Å². The number of hydrogen-bond acceptors (Lipinski definition) is 3. The third-order valence-electron chi connectivity index (χ3n) is 4.04. The van der Waals surface area contributed by atoms with Crippen LogP contribution < -0.4 is 5.32 Å². The van der Waals surface area contributed by atoms with Crippen molar-refractivity contribution in [2.45, 2.75) is 55.8 Å². The Morgan fingerprint density at radius 2 is 2.06 bits per heavy atom. The monoisotopic (exact) mass is 243 g/mol. The molecule has 0 spiro atoms. The Hall–Kier alpha value is 0.270. The minimum absolute atomic E-state index is 0.481. The van der Waals surface area contributed by atoms with E-state index in [-0.39, 0.29) is 0 Å². The van der Waals surface area contributed by atoms with Crippen LogP contribution in [-0.4, -0.2) is 36.8 Å². The van der Waals surface area contributed by atoms with Gasteiger partial charge in [0, 0.05) is 24.4 Å². The zero-order chi connectivity index (χ0) is 11.3. The first-order valence-corrected chi connectivity index (χ1v) is 7.95. The quantitative estimate of drug-likeness (QED) is 0.802. The van der Waals surface area contributed by atoms with Gasteiger partial charge in [-0.15, -0.1) is 0 Å². The number of hydrogen-bond donors (Lipinski definition) is 1. The summed E-state index contributed by atoms with van der Waals surface area (Å²) in [6.07, 6.45) is 12.2. The van der Waals surface area contributed by atoms with Crippen LogP contribution in [0.2, 0.25) is 0 Å².